The first-order valence-electron chi connectivity index (χ1n) is 11.2. The van der Waals surface area contributed by atoms with Crippen LogP contribution >= 0.6 is 0 Å². The van der Waals surface area contributed by atoms with Crippen molar-refractivity contribution >= 4 is 35.5 Å². The molecule has 0 aliphatic carbocycles. The van der Waals surface area contributed by atoms with E-state index in [-0.39, 0.29) is 25.2 Å². The van der Waals surface area contributed by atoms with Crippen molar-refractivity contribution in [3.63, 3.8) is 0 Å². The average Bonchev–Trinajstić information content (AvgIpc) is 2.76. The third kappa shape index (κ3) is 12.2. The maximum Gasteiger partial charge on any atom is 0.317 e. The van der Waals surface area contributed by atoms with Gasteiger partial charge in [0.25, 0.3) is 5.69 Å². The maximum absolute atomic E-state index is 11.7. The normalized spacial score (nSPS) is 12.8. The third-order valence-electron chi connectivity index (χ3n) is 5.46. The molecule has 0 heterocycles. The largest absolute Gasteiger partial charge is 0.480 e. The van der Waals surface area contributed by atoms with E-state index in [2.05, 4.69) is 0 Å². The molecule has 210 valence electrons. The molecular formula is C22H30N4O12. The third-order valence-corrected chi connectivity index (χ3v) is 5.46. The Morgan fingerprint density at radius 2 is 1.16 bits per heavy atom. The molecular weight excluding hydrogens is 512 g/mol. The summed E-state index contributed by atoms with van der Waals surface area (Å²) >= 11 is 0. The number of nitrogens with zero attached hydrogens (tertiary/aromatic N) is 4. The van der Waals surface area contributed by atoms with Gasteiger partial charge in [0.05, 0.1) is 37.6 Å². The van der Waals surface area contributed by atoms with Crippen LogP contribution in [0.1, 0.15) is 12.5 Å². The standard InChI is InChI=1S/C22H30N4O12/c1-14(24(11-20(31)32)12-21(33)34)7-25(13-22(35)36)17(8-23(9-18(27)28)10-19(29)30)6-15-2-4-16(5-3-15)26(37)38/h2-5,14,17H,6-13H2,1H3,(H,27,28)(H,29,30)(H,31,32)(H,33,34)(H,35,36). The number of benzene rings is 1. The SMILES string of the molecule is CC(CN(CC(=O)O)C(Cc1ccc([N+](=O)[O-])cc1)CN(CC(=O)O)CC(=O)O)N(CC(=O)O)CC(=O)O. The van der Waals surface area contributed by atoms with Gasteiger partial charge in [0.2, 0.25) is 0 Å². The first kappa shape index (κ1) is 31.9. The summed E-state index contributed by atoms with van der Waals surface area (Å²) in [5.41, 5.74) is 0.305. The van der Waals surface area contributed by atoms with E-state index in [1.807, 2.05) is 0 Å². The molecule has 0 bridgehead atoms. The summed E-state index contributed by atoms with van der Waals surface area (Å²) < 4.78 is 0. The van der Waals surface area contributed by atoms with E-state index >= 15 is 0 Å². The number of hydrogen-bond acceptors (Lipinski definition) is 10. The van der Waals surface area contributed by atoms with E-state index in [4.69, 9.17) is 10.2 Å². The highest BCUT2D eigenvalue weighted by Crippen LogP contribution is 2.17. The average molecular weight is 542 g/mol. The van der Waals surface area contributed by atoms with Gasteiger partial charge < -0.3 is 25.5 Å². The summed E-state index contributed by atoms with van der Waals surface area (Å²) in [5.74, 6) is -6.56. The predicted molar refractivity (Wildman–Crippen MR) is 128 cm³/mol. The molecule has 0 radical (unpaired) electrons. The van der Waals surface area contributed by atoms with Crippen molar-refractivity contribution in [1.82, 2.24) is 14.7 Å². The fourth-order valence-electron chi connectivity index (χ4n) is 3.89. The quantitative estimate of drug-likeness (QED) is 0.106. The number of hydrogen-bond donors (Lipinski definition) is 5. The van der Waals surface area contributed by atoms with Crippen LogP contribution < -0.4 is 0 Å². The zero-order chi connectivity index (χ0) is 29.0. The lowest BCUT2D eigenvalue weighted by molar-refractivity contribution is -0.384. The second kappa shape index (κ2) is 15.2. The summed E-state index contributed by atoms with van der Waals surface area (Å²) in [7, 11) is 0. The van der Waals surface area contributed by atoms with Crippen LogP contribution in [0.4, 0.5) is 5.69 Å². The number of nitro groups is 1. The maximum atomic E-state index is 11.7. The molecule has 0 spiro atoms. The van der Waals surface area contributed by atoms with Gasteiger partial charge in [-0.2, -0.15) is 0 Å². The van der Waals surface area contributed by atoms with Crippen LogP contribution in [0.5, 0.6) is 0 Å². The fraction of sp³-hybridized carbons (Fsp3) is 0.500. The molecule has 0 fully saturated rings. The minimum absolute atomic E-state index is 0.0194. The second-order valence-corrected chi connectivity index (χ2v) is 8.60. The number of rotatable bonds is 19. The zero-order valence-corrected chi connectivity index (χ0v) is 20.5. The molecule has 0 saturated heterocycles. The van der Waals surface area contributed by atoms with Gasteiger partial charge in [-0.3, -0.25) is 48.8 Å². The van der Waals surface area contributed by atoms with Gasteiger partial charge in [0.1, 0.15) is 0 Å². The number of carboxylic acid groups (broad SMARTS) is 5. The van der Waals surface area contributed by atoms with Gasteiger partial charge in [-0.1, -0.05) is 12.1 Å². The second-order valence-electron chi connectivity index (χ2n) is 8.60. The van der Waals surface area contributed by atoms with E-state index in [0.717, 1.165) is 9.80 Å². The first-order valence-corrected chi connectivity index (χ1v) is 11.2. The molecule has 16 nitrogen and oxygen atoms in total. The number of non-ortho nitro benzene ring substituents is 1. The van der Waals surface area contributed by atoms with Crippen LogP contribution in [-0.2, 0) is 30.4 Å². The topological polar surface area (TPSA) is 239 Å². The summed E-state index contributed by atoms with van der Waals surface area (Å²) in [6.07, 6.45) is 0.0194. The van der Waals surface area contributed by atoms with Crippen molar-refractivity contribution in [2.75, 3.05) is 45.8 Å². The van der Waals surface area contributed by atoms with Crippen molar-refractivity contribution in [2.45, 2.75) is 25.4 Å². The molecule has 38 heavy (non-hydrogen) atoms. The van der Waals surface area contributed by atoms with Crippen molar-refractivity contribution in [1.29, 1.82) is 0 Å². The molecule has 2 unspecified atom stereocenters. The summed E-state index contributed by atoms with van der Waals surface area (Å²) in [6.45, 7) is -2.18. The molecule has 0 aliphatic heterocycles. The van der Waals surface area contributed by atoms with E-state index in [9.17, 15) is 49.4 Å². The molecule has 16 heteroatoms. The monoisotopic (exact) mass is 542 g/mol. The van der Waals surface area contributed by atoms with E-state index < -0.39 is 79.6 Å². The van der Waals surface area contributed by atoms with Gasteiger partial charge in [-0.15, -0.1) is 0 Å². The van der Waals surface area contributed by atoms with Gasteiger partial charge in [0.15, 0.2) is 0 Å². The lowest BCUT2D eigenvalue weighted by atomic mass is 10.0. The Morgan fingerprint density at radius 1 is 0.737 bits per heavy atom. The Balaban J connectivity index is 3.40. The Kier molecular flexibility index (Phi) is 12.7. The van der Waals surface area contributed by atoms with Gasteiger partial charge in [-0.05, 0) is 18.9 Å². The van der Waals surface area contributed by atoms with Crippen LogP contribution in [0.2, 0.25) is 0 Å². The van der Waals surface area contributed by atoms with E-state index in [1.54, 1.807) is 0 Å². The summed E-state index contributed by atoms with van der Waals surface area (Å²) in [6, 6.07) is 3.65. The van der Waals surface area contributed by atoms with Crippen LogP contribution in [0, 0.1) is 10.1 Å². The highest BCUT2D eigenvalue weighted by Gasteiger charge is 2.29. The molecule has 5 N–H and O–H groups in total. The molecule has 1 aromatic carbocycles. The summed E-state index contributed by atoms with van der Waals surface area (Å²) in [5, 5.41) is 57.3. The Bertz CT molecular complexity index is 984. The van der Waals surface area contributed by atoms with Crippen molar-refractivity contribution < 1.29 is 54.4 Å². The van der Waals surface area contributed by atoms with Gasteiger partial charge in [-0.25, -0.2) is 0 Å². The van der Waals surface area contributed by atoms with Crippen LogP contribution in [0.15, 0.2) is 24.3 Å². The van der Waals surface area contributed by atoms with Crippen LogP contribution in [0.25, 0.3) is 0 Å². The highest BCUT2D eigenvalue weighted by molar-refractivity contribution is 5.73. The first-order chi connectivity index (χ1) is 17.7. The van der Waals surface area contributed by atoms with Crippen molar-refractivity contribution in [3.05, 3.63) is 39.9 Å². The predicted octanol–water partition coefficient (Wildman–Crippen LogP) is -0.777. The van der Waals surface area contributed by atoms with E-state index in [0.29, 0.717) is 5.56 Å². The minimum atomic E-state index is -1.33. The smallest absolute Gasteiger partial charge is 0.317 e. The van der Waals surface area contributed by atoms with Crippen molar-refractivity contribution in [3.8, 4) is 0 Å². The fourth-order valence-corrected chi connectivity index (χ4v) is 3.89. The highest BCUT2D eigenvalue weighted by atomic mass is 16.6. The zero-order valence-electron chi connectivity index (χ0n) is 20.5. The van der Waals surface area contributed by atoms with Crippen LogP contribution in [-0.4, -0.2) is 133 Å². The molecule has 0 aliphatic rings. The molecule has 2 atom stereocenters. The number of carbonyl (C=O) groups is 5. The molecule has 0 aromatic heterocycles. The Morgan fingerprint density at radius 3 is 1.55 bits per heavy atom. The number of aliphatic carboxylic acids is 5. The molecule has 1 aromatic rings. The Hall–Kier alpha value is -4.15. The molecule has 1 rings (SSSR count). The number of nitro benzene ring substituents is 1. The van der Waals surface area contributed by atoms with Gasteiger partial charge in [0, 0.05) is 37.3 Å². The lowest BCUT2D eigenvalue weighted by Gasteiger charge is -2.37. The van der Waals surface area contributed by atoms with Crippen molar-refractivity contribution in [2.24, 2.45) is 0 Å². The Labute approximate surface area is 216 Å². The lowest BCUT2D eigenvalue weighted by Crippen LogP contribution is -2.54. The summed E-state index contributed by atoms with van der Waals surface area (Å²) in [4.78, 5) is 70.8. The molecule has 0 amide bonds. The number of carboxylic acids is 5. The molecule has 0 saturated carbocycles. The van der Waals surface area contributed by atoms with Crippen LogP contribution in [0.3, 0.4) is 0 Å². The minimum Gasteiger partial charge on any atom is -0.480 e. The van der Waals surface area contributed by atoms with Gasteiger partial charge >= 0.3 is 29.8 Å². The van der Waals surface area contributed by atoms with E-state index in [1.165, 1.54) is 36.1 Å².